The second kappa shape index (κ2) is 8.40. The first-order chi connectivity index (χ1) is 12.2. The zero-order chi connectivity index (χ0) is 17.5. The Morgan fingerprint density at radius 3 is 1.88 bits per heavy atom. The Morgan fingerprint density at radius 2 is 1.36 bits per heavy atom. The van der Waals surface area contributed by atoms with Crippen molar-refractivity contribution < 1.29 is 4.79 Å². The maximum Gasteiger partial charge on any atom is 0.252 e. The number of carbonyl (C=O) groups excluding carboxylic acids is 1. The molecule has 3 aromatic rings. The van der Waals surface area contributed by atoms with Gasteiger partial charge in [-0.3, -0.25) is 4.79 Å². The van der Waals surface area contributed by atoms with Gasteiger partial charge in [-0.05, 0) is 28.8 Å². The zero-order valence-electron chi connectivity index (χ0n) is 13.5. The zero-order valence-corrected chi connectivity index (χ0v) is 15.1. The van der Waals surface area contributed by atoms with Gasteiger partial charge >= 0.3 is 0 Å². The average Bonchev–Trinajstić information content (AvgIpc) is 2.65. The summed E-state index contributed by atoms with van der Waals surface area (Å²) in [5, 5.41) is 4.10. The molecule has 0 aliphatic heterocycles. The van der Waals surface area contributed by atoms with Gasteiger partial charge in [-0.15, -0.1) is 0 Å². The van der Waals surface area contributed by atoms with Crippen molar-refractivity contribution in [1.29, 1.82) is 0 Å². The van der Waals surface area contributed by atoms with E-state index in [9.17, 15) is 4.79 Å². The Hall–Kier alpha value is -2.72. The lowest BCUT2D eigenvalue weighted by Gasteiger charge is -2.16. The van der Waals surface area contributed by atoms with E-state index in [1.54, 1.807) is 6.21 Å². The number of rotatable bonds is 5. The summed E-state index contributed by atoms with van der Waals surface area (Å²) in [7, 11) is 0. The summed E-state index contributed by atoms with van der Waals surface area (Å²) in [5.41, 5.74) is 5.45. The average molecular weight is 393 g/mol. The SMILES string of the molecule is O=C(NN=Cc1ccc(Br)cc1)C(c1ccccc1)c1ccccc1. The van der Waals surface area contributed by atoms with Gasteiger partial charge in [0.05, 0.1) is 12.1 Å². The van der Waals surface area contributed by atoms with Crippen LogP contribution in [-0.4, -0.2) is 12.1 Å². The van der Waals surface area contributed by atoms with Crippen molar-refractivity contribution >= 4 is 28.1 Å². The number of hydrogen-bond acceptors (Lipinski definition) is 2. The maximum atomic E-state index is 12.8. The first-order valence-electron chi connectivity index (χ1n) is 7.92. The van der Waals surface area contributed by atoms with Crippen LogP contribution in [0.2, 0.25) is 0 Å². The molecule has 0 atom stereocenters. The van der Waals surface area contributed by atoms with Gasteiger partial charge in [0.1, 0.15) is 0 Å². The number of nitrogens with zero attached hydrogens (tertiary/aromatic N) is 1. The molecule has 3 aromatic carbocycles. The Morgan fingerprint density at radius 1 is 0.840 bits per heavy atom. The van der Waals surface area contributed by atoms with E-state index in [0.29, 0.717) is 0 Å². The third-order valence-electron chi connectivity index (χ3n) is 3.79. The van der Waals surface area contributed by atoms with Crippen molar-refractivity contribution in [2.45, 2.75) is 5.92 Å². The molecule has 3 nitrogen and oxygen atoms in total. The van der Waals surface area contributed by atoms with Crippen molar-refractivity contribution in [2.24, 2.45) is 5.10 Å². The first-order valence-corrected chi connectivity index (χ1v) is 8.72. The van der Waals surface area contributed by atoms with E-state index in [1.807, 2.05) is 84.9 Å². The number of nitrogens with one attached hydrogen (secondary N) is 1. The van der Waals surface area contributed by atoms with E-state index in [1.165, 1.54) is 0 Å². The van der Waals surface area contributed by atoms with Gasteiger partial charge in [0, 0.05) is 4.47 Å². The summed E-state index contributed by atoms with van der Waals surface area (Å²) < 4.78 is 1.00. The molecule has 0 fully saturated rings. The minimum Gasteiger partial charge on any atom is -0.272 e. The highest BCUT2D eigenvalue weighted by Crippen LogP contribution is 2.24. The van der Waals surface area contributed by atoms with E-state index in [-0.39, 0.29) is 5.91 Å². The van der Waals surface area contributed by atoms with Crippen molar-refractivity contribution in [2.75, 3.05) is 0 Å². The summed E-state index contributed by atoms with van der Waals surface area (Å²) in [6, 6.07) is 27.1. The summed E-state index contributed by atoms with van der Waals surface area (Å²) in [5.74, 6) is -0.560. The van der Waals surface area contributed by atoms with Crippen LogP contribution < -0.4 is 5.43 Å². The van der Waals surface area contributed by atoms with Gasteiger partial charge in [0.25, 0.3) is 5.91 Å². The van der Waals surface area contributed by atoms with Crippen LogP contribution in [0.15, 0.2) is 94.5 Å². The second-order valence-electron chi connectivity index (χ2n) is 5.54. The molecule has 25 heavy (non-hydrogen) atoms. The molecule has 0 aliphatic rings. The van der Waals surface area contributed by atoms with Crippen LogP contribution in [0.4, 0.5) is 0 Å². The van der Waals surface area contributed by atoms with Gasteiger partial charge in [-0.1, -0.05) is 88.7 Å². The van der Waals surface area contributed by atoms with Gasteiger partial charge < -0.3 is 0 Å². The van der Waals surface area contributed by atoms with Crippen molar-refractivity contribution in [1.82, 2.24) is 5.43 Å². The highest BCUT2D eigenvalue weighted by Gasteiger charge is 2.22. The van der Waals surface area contributed by atoms with Gasteiger partial charge in [-0.25, -0.2) is 5.43 Å². The third-order valence-corrected chi connectivity index (χ3v) is 4.32. The molecular weight excluding hydrogens is 376 g/mol. The van der Waals surface area contributed by atoms with E-state index < -0.39 is 5.92 Å². The lowest BCUT2D eigenvalue weighted by Crippen LogP contribution is -2.26. The van der Waals surface area contributed by atoms with Crippen LogP contribution in [0.3, 0.4) is 0 Å². The van der Waals surface area contributed by atoms with Crippen LogP contribution in [0.1, 0.15) is 22.6 Å². The normalized spacial score (nSPS) is 11.0. The lowest BCUT2D eigenvalue weighted by molar-refractivity contribution is -0.121. The largest absolute Gasteiger partial charge is 0.272 e. The predicted octanol–water partition coefficient (Wildman–Crippen LogP) is 4.73. The fourth-order valence-electron chi connectivity index (χ4n) is 2.57. The minimum atomic E-state index is -0.399. The fraction of sp³-hybridized carbons (Fsp3) is 0.0476. The smallest absolute Gasteiger partial charge is 0.252 e. The number of halogens is 1. The number of hydrazone groups is 1. The second-order valence-corrected chi connectivity index (χ2v) is 6.46. The number of amides is 1. The van der Waals surface area contributed by atoms with Crippen LogP contribution in [0, 0.1) is 0 Å². The van der Waals surface area contributed by atoms with Crippen LogP contribution in [0.25, 0.3) is 0 Å². The molecule has 0 aliphatic carbocycles. The van der Waals surface area contributed by atoms with E-state index in [4.69, 9.17) is 0 Å². The summed E-state index contributed by atoms with van der Waals surface area (Å²) in [6.45, 7) is 0. The summed E-state index contributed by atoms with van der Waals surface area (Å²) >= 11 is 3.39. The van der Waals surface area contributed by atoms with E-state index >= 15 is 0 Å². The van der Waals surface area contributed by atoms with E-state index in [0.717, 1.165) is 21.2 Å². The van der Waals surface area contributed by atoms with Crippen molar-refractivity contribution in [3.05, 3.63) is 106 Å². The topological polar surface area (TPSA) is 41.5 Å². The molecule has 0 aromatic heterocycles. The number of hydrogen-bond donors (Lipinski definition) is 1. The number of benzene rings is 3. The molecule has 0 saturated heterocycles. The molecule has 0 heterocycles. The Labute approximate surface area is 155 Å². The molecule has 0 unspecified atom stereocenters. The summed E-state index contributed by atoms with van der Waals surface area (Å²) in [6.07, 6.45) is 1.64. The molecule has 1 N–H and O–H groups in total. The Balaban J connectivity index is 1.79. The standard InChI is InChI=1S/C21H17BrN2O/c22-19-13-11-16(12-14-19)15-23-24-21(25)20(17-7-3-1-4-8-17)18-9-5-2-6-10-18/h1-15,20H,(H,24,25). The third kappa shape index (κ3) is 4.64. The van der Waals surface area contributed by atoms with Gasteiger partial charge in [0.2, 0.25) is 0 Å². The molecule has 0 spiro atoms. The van der Waals surface area contributed by atoms with E-state index in [2.05, 4.69) is 26.5 Å². The molecule has 1 amide bonds. The monoisotopic (exact) mass is 392 g/mol. The molecule has 0 bridgehead atoms. The fourth-order valence-corrected chi connectivity index (χ4v) is 2.83. The molecular formula is C21H17BrN2O. The van der Waals surface area contributed by atoms with Crippen molar-refractivity contribution in [3.63, 3.8) is 0 Å². The molecule has 124 valence electrons. The molecule has 4 heteroatoms. The van der Waals surface area contributed by atoms with Crippen LogP contribution in [0.5, 0.6) is 0 Å². The Kier molecular flexibility index (Phi) is 5.75. The van der Waals surface area contributed by atoms with Crippen molar-refractivity contribution in [3.8, 4) is 0 Å². The summed E-state index contributed by atoms with van der Waals surface area (Å²) in [4.78, 5) is 12.8. The highest BCUT2D eigenvalue weighted by atomic mass is 79.9. The maximum absolute atomic E-state index is 12.8. The molecule has 0 radical (unpaired) electrons. The van der Waals surface area contributed by atoms with Gasteiger partial charge in [0.15, 0.2) is 0 Å². The lowest BCUT2D eigenvalue weighted by atomic mass is 9.91. The molecule has 0 saturated carbocycles. The number of carbonyl (C=O) groups is 1. The Bertz CT molecular complexity index is 807. The van der Waals surface area contributed by atoms with Gasteiger partial charge in [-0.2, -0.15) is 5.10 Å². The first kappa shape index (κ1) is 17.1. The minimum absolute atomic E-state index is 0.161. The van der Waals surface area contributed by atoms with Crippen LogP contribution >= 0.6 is 15.9 Å². The quantitative estimate of drug-likeness (QED) is 0.494. The molecule has 3 rings (SSSR count). The predicted molar refractivity (Wildman–Crippen MR) is 105 cm³/mol. The van der Waals surface area contributed by atoms with Crippen LogP contribution in [-0.2, 0) is 4.79 Å². The highest BCUT2D eigenvalue weighted by molar-refractivity contribution is 9.10.